The van der Waals surface area contributed by atoms with Gasteiger partial charge in [-0.15, -0.1) is 5.10 Å². The number of nitrogens with zero attached hydrogens (tertiary/aromatic N) is 4. The summed E-state index contributed by atoms with van der Waals surface area (Å²) < 4.78 is 2.02. The van der Waals surface area contributed by atoms with Gasteiger partial charge in [-0.2, -0.15) is 5.26 Å². The van der Waals surface area contributed by atoms with Crippen LogP contribution in [0.2, 0.25) is 0 Å². The van der Waals surface area contributed by atoms with Gasteiger partial charge in [0.25, 0.3) is 0 Å². The van der Waals surface area contributed by atoms with Crippen molar-refractivity contribution in [2.45, 2.75) is 57.9 Å². The predicted molar refractivity (Wildman–Crippen MR) is 74.9 cm³/mol. The van der Waals surface area contributed by atoms with Crippen LogP contribution >= 0.6 is 0 Å². The molecule has 4 saturated carbocycles. The Hall–Kier alpha value is -1.37. The van der Waals surface area contributed by atoms with Crippen molar-refractivity contribution in [1.82, 2.24) is 15.0 Å². The quantitative estimate of drug-likeness (QED) is 0.828. The molecule has 4 bridgehead atoms. The molecule has 0 amide bonds. The molecule has 106 valence electrons. The lowest BCUT2D eigenvalue weighted by molar-refractivity contribution is -0.00602. The normalized spacial score (nSPS) is 38.4. The van der Waals surface area contributed by atoms with Crippen molar-refractivity contribution in [3.63, 3.8) is 0 Å². The first-order valence-electron chi connectivity index (χ1n) is 8.02. The Morgan fingerprint density at radius 1 is 1.10 bits per heavy atom. The maximum absolute atomic E-state index is 9.40. The van der Waals surface area contributed by atoms with Gasteiger partial charge in [0, 0.05) is 12.0 Å². The third kappa shape index (κ3) is 1.65. The maximum atomic E-state index is 9.40. The van der Waals surface area contributed by atoms with E-state index in [9.17, 15) is 5.26 Å². The number of hydrogen-bond donors (Lipinski definition) is 0. The molecule has 4 aliphatic carbocycles. The lowest BCUT2D eigenvalue weighted by Crippen LogP contribution is -2.44. The van der Waals surface area contributed by atoms with Crippen LogP contribution in [0.1, 0.15) is 69.3 Å². The van der Waals surface area contributed by atoms with Crippen molar-refractivity contribution in [2.24, 2.45) is 23.7 Å². The first kappa shape index (κ1) is 12.4. The van der Waals surface area contributed by atoms with Crippen molar-refractivity contribution in [3.05, 3.63) is 11.4 Å². The zero-order chi connectivity index (χ0) is 13.9. The number of aromatic nitrogens is 3. The molecule has 1 aromatic heterocycles. The van der Waals surface area contributed by atoms with E-state index in [2.05, 4.69) is 30.2 Å². The summed E-state index contributed by atoms with van der Waals surface area (Å²) in [5.74, 6) is 4.00. The van der Waals surface area contributed by atoms with E-state index in [-0.39, 0.29) is 6.04 Å². The van der Waals surface area contributed by atoms with Gasteiger partial charge in [-0.05, 0) is 69.6 Å². The summed E-state index contributed by atoms with van der Waals surface area (Å²) in [6.07, 6.45) is 6.93. The summed E-state index contributed by atoms with van der Waals surface area (Å²) in [7, 11) is 0. The van der Waals surface area contributed by atoms with Crippen LogP contribution in [0.25, 0.3) is 0 Å². The summed E-state index contributed by atoms with van der Waals surface area (Å²) in [6.45, 7) is 4.27. The molecule has 4 aliphatic rings. The molecular weight excluding hydrogens is 248 g/mol. The van der Waals surface area contributed by atoms with Crippen LogP contribution < -0.4 is 0 Å². The molecule has 0 atom stereocenters. The van der Waals surface area contributed by atoms with Crippen molar-refractivity contribution in [2.75, 3.05) is 0 Å². The molecule has 0 saturated heterocycles. The SMILES string of the molecule is CC(C)n1nnc(C#N)c1C1C2CC3CC(C2)CC1C3. The highest BCUT2D eigenvalue weighted by molar-refractivity contribution is 5.31. The first-order valence-corrected chi connectivity index (χ1v) is 8.02. The topological polar surface area (TPSA) is 54.5 Å². The fourth-order valence-corrected chi connectivity index (χ4v) is 5.44. The second-order valence-corrected chi connectivity index (χ2v) is 7.43. The monoisotopic (exact) mass is 270 g/mol. The summed E-state index contributed by atoms with van der Waals surface area (Å²) in [5, 5.41) is 17.8. The van der Waals surface area contributed by atoms with Gasteiger partial charge < -0.3 is 0 Å². The van der Waals surface area contributed by atoms with Crippen LogP contribution in [0.15, 0.2) is 0 Å². The van der Waals surface area contributed by atoms with Crippen molar-refractivity contribution in [3.8, 4) is 6.07 Å². The van der Waals surface area contributed by atoms with Gasteiger partial charge in [-0.1, -0.05) is 5.21 Å². The highest BCUT2D eigenvalue weighted by atomic mass is 15.4. The average molecular weight is 270 g/mol. The predicted octanol–water partition coefficient (Wildman–Crippen LogP) is 3.27. The minimum atomic E-state index is 0.289. The van der Waals surface area contributed by atoms with Crippen molar-refractivity contribution >= 4 is 0 Å². The van der Waals surface area contributed by atoms with Crippen LogP contribution in [-0.2, 0) is 0 Å². The number of nitriles is 1. The molecule has 1 heterocycles. The van der Waals surface area contributed by atoms with E-state index in [1.807, 2.05) is 4.68 Å². The molecule has 0 radical (unpaired) electrons. The molecule has 0 spiro atoms. The van der Waals surface area contributed by atoms with Crippen LogP contribution in [0, 0.1) is 35.0 Å². The van der Waals surface area contributed by atoms with Gasteiger partial charge in [0.2, 0.25) is 0 Å². The number of rotatable bonds is 2. The Labute approximate surface area is 120 Å². The third-order valence-corrected chi connectivity index (χ3v) is 5.87. The van der Waals surface area contributed by atoms with E-state index in [0.717, 1.165) is 29.4 Å². The van der Waals surface area contributed by atoms with E-state index >= 15 is 0 Å². The molecule has 20 heavy (non-hydrogen) atoms. The highest BCUT2D eigenvalue weighted by Gasteiger charge is 2.50. The fourth-order valence-electron chi connectivity index (χ4n) is 5.44. The molecule has 4 heteroatoms. The second-order valence-electron chi connectivity index (χ2n) is 7.43. The smallest absolute Gasteiger partial charge is 0.186 e. The zero-order valence-electron chi connectivity index (χ0n) is 12.3. The Morgan fingerprint density at radius 2 is 1.70 bits per heavy atom. The molecule has 0 N–H and O–H groups in total. The van der Waals surface area contributed by atoms with E-state index in [1.54, 1.807) is 0 Å². The second kappa shape index (κ2) is 4.31. The fraction of sp³-hybridized carbons (Fsp3) is 0.812. The average Bonchev–Trinajstić information content (AvgIpc) is 2.81. The molecule has 4 fully saturated rings. The van der Waals surface area contributed by atoms with E-state index in [0.29, 0.717) is 11.6 Å². The Morgan fingerprint density at radius 3 is 2.20 bits per heavy atom. The van der Waals surface area contributed by atoms with Crippen LogP contribution in [0.3, 0.4) is 0 Å². The summed E-state index contributed by atoms with van der Waals surface area (Å²) in [5.41, 5.74) is 1.73. The molecular formula is C16H22N4. The lowest BCUT2D eigenvalue weighted by Gasteiger charge is -2.54. The molecule has 0 unspecified atom stereocenters. The van der Waals surface area contributed by atoms with E-state index in [1.165, 1.54) is 32.1 Å². The first-order chi connectivity index (χ1) is 9.67. The third-order valence-electron chi connectivity index (χ3n) is 5.87. The van der Waals surface area contributed by atoms with E-state index < -0.39 is 0 Å². The summed E-state index contributed by atoms with van der Waals surface area (Å²) in [4.78, 5) is 0. The van der Waals surface area contributed by atoms with Gasteiger partial charge >= 0.3 is 0 Å². The minimum Gasteiger partial charge on any atom is -0.245 e. The van der Waals surface area contributed by atoms with Gasteiger partial charge in [0.1, 0.15) is 6.07 Å². The summed E-state index contributed by atoms with van der Waals surface area (Å²) in [6, 6.07) is 2.57. The largest absolute Gasteiger partial charge is 0.245 e. The minimum absolute atomic E-state index is 0.289. The summed E-state index contributed by atoms with van der Waals surface area (Å²) >= 11 is 0. The zero-order valence-corrected chi connectivity index (χ0v) is 12.3. The highest BCUT2D eigenvalue weighted by Crippen LogP contribution is 2.60. The van der Waals surface area contributed by atoms with E-state index in [4.69, 9.17) is 0 Å². The van der Waals surface area contributed by atoms with Gasteiger partial charge in [0.05, 0.1) is 5.69 Å². The Kier molecular flexibility index (Phi) is 2.67. The molecule has 4 nitrogen and oxygen atoms in total. The van der Waals surface area contributed by atoms with Crippen LogP contribution in [-0.4, -0.2) is 15.0 Å². The van der Waals surface area contributed by atoms with Crippen molar-refractivity contribution < 1.29 is 0 Å². The van der Waals surface area contributed by atoms with Crippen LogP contribution in [0.5, 0.6) is 0 Å². The van der Waals surface area contributed by atoms with Gasteiger partial charge in [-0.25, -0.2) is 4.68 Å². The van der Waals surface area contributed by atoms with Gasteiger partial charge in [0.15, 0.2) is 5.69 Å². The molecule has 0 aliphatic heterocycles. The van der Waals surface area contributed by atoms with Crippen molar-refractivity contribution in [1.29, 1.82) is 5.26 Å². The molecule has 0 aromatic carbocycles. The lowest BCUT2D eigenvalue weighted by atomic mass is 9.51. The Bertz CT molecular complexity index is 538. The molecule has 1 aromatic rings. The van der Waals surface area contributed by atoms with Gasteiger partial charge in [-0.3, -0.25) is 0 Å². The maximum Gasteiger partial charge on any atom is 0.186 e. The standard InChI is InChI=1S/C16H22N4/c1-9(2)20-16(14(8-17)18-19-20)15-12-4-10-3-11(6-12)7-13(15)5-10/h9-13,15H,3-7H2,1-2H3. The van der Waals surface area contributed by atoms with Crippen LogP contribution in [0.4, 0.5) is 0 Å². The number of hydrogen-bond acceptors (Lipinski definition) is 3. The molecule has 5 rings (SSSR count). The Balaban J connectivity index is 1.78.